The summed E-state index contributed by atoms with van der Waals surface area (Å²) in [5.74, 6) is 0.830. The minimum absolute atomic E-state index is 0.124. The minimum Gasteiger partial charge on any atom is -0.342 e. The van der Waals surface area contributed by atoms with E-state index in [0.717, 1.165) is 42.5 Å². The second-order valence-electron chi connectivity index (χ2n) is 5.92. The van der Waals surface area contributed by atoms with Gasteiger partial charge < -0.3 is 15.2 Å². The Bertz CT molecular complexity index is 486. The van der Waals surface area contributed by atoms with Crippen LogP contribution in [0.15, 0.2) is 16.7 Å². The molecule has 1 aromatic heterocycles. The molecule has 1 aliphatic rings. The molecule has 2 atom stereocenters. The smallest absolute Gasteiger partial charge is 0.270 e. The lowest BCUT2D eigenvalue weighted by Gasteiger charge is -2.39. The molecular formula is C16H26BrN3O. The first-order valence-electron chi connectivity index (χ1n) is 7.97. The van der Waals surface area contributed by atoms with Crippen molar-refractivity contribution >= 4 is 21.8 Å². The van der Waals surface area contributed by atoms with Crippen molar-refractivity contribution in [1.82, 2.24) is 9.47 Å². The lowest BCUT2D eigenvalue weighted by Crippen LogP contribution is -2.50. The highest BCUT2D eigenvalue weighted by atomic mass is 79.9. The molecule has 1 amide bonds. The van der Waals surface area contributed by atoms with E-state index >= 15 is 0 Å². The summed E-state index contributed by atoms with van der Waals surface area (Å²) in [5.41, 5.74) is 6.69. The maximum Gasteiger partial charge on any atom is 0.270 e. The van der Waals surface area contributed by atoms with E-state index in [4.69, 9.17) is 5.73 Å². The van der Waals surface area contributed by atoms with Gasteiger partial charge in [-0.25, -0.2) is 0 Å². The summed E-state index contributed by atoms with van der Waals surface area (Å²) in [6.07, 6.45) is 6.31. The topological polar surface area (TPSA) is 51.3 Å². The molecule has 0 aromatic carbocycles. The highest BCUT2D eigenvalue weighted by molar-refractivity contribution is 9.10. The van der Waals surface area contributed by atoms with Gasteiger partial charge in [-0.05, 0) is 47.2 Å². The lowest BCUT2D eigenvalue weighted by molar-refractivity contribution is 0.0547. The van der Waals surface area contributed by atoms with Crippen molar-refractivity contribution in [1.29, 1.82) is 0 Å². The average molecular weight is 356 g/mol. The Morgan fingerprint density at radius 2 is 2.24 bits per heavy atom. The number of aryl methyl sites for hydroxylation is 1. The second kappa shape index (κ2) is 7.45. The molecule has 4 nitrogen and oxygen atoms in total. The monoisotopic (exact) mass is 355 g/mol. The number of piperidine rings is 1. The van der Waals surface area contributed by atoms with Crippen molar-refractivity contribution in [3.8, 4) is 0 Å². The molecule has 0 aliphatic carbocycles. The largest absolute Gasteiger partial charge is 0.342 e. The van der Waals surface area contributed by atoms with E-state index in [0.29, 0.717) is 12.5 Å². The molecule has 2 N–H and O–H groups in total. The molecule has 1 fully saturated rings. The quantitative estimate of drug-likeness (QED) is 0.881. The van der Waals surface area contributed by atoms with Crippen molar-refractivity contribution in [2.45, 2.75) is 52.1 Å². The van der Waals surface area contributed by atoms with Crippen LogP contribution in [0.5, 0.6) is 0 Å². The van der Waals surface area contributed by atoms with Crippen molar-refractivity contribution < 1.29 is 4.79 Å². The standard InChI is InChI=1S/C16H26BrN3O/c1-3-6-19-11-13(17)9-15(19)16(21)20-7-5-12(4-2)8-14(20)10-18/h9,11-12,14H,3-8,10,18H2,1-2H3. The maximum atomic E-state index is 12.9. The molecule has 2 unspecified atom stereocenters. The first-order valence-corrected chi connectivity index (χ1v) is 8.76. The number of nitrogens with zero attached hydrogens (tertiary/aromatic N) is 2. The molecule has 0 bridgehead atoms. The van der Waals surface area contributed by atoms with E-state index in [1.165, 1.54) is 6.42 Å². The molecule has 118 valence electrons. The first-order chi connectivity index (χ1) is 10.1. The van der Waals surface area contributed by atoms with Gasteiger partial charge >= 0.3 is 0 Å². The van der Waals surface area contributed by atoms with Crippen molar-refractivity contribution in [2.75, 3.05) is 13.1 Å². The maximum absolute atomic E-state index is 12.9. The first kappa shape index (κ1) is 16.6. The van der Waals surface area contributed by atoms with E-state index in [-0.39, 0.29) is 11.9 Å². The SMILES string of the molecule is CCCn1cc(Br)cc1C(=O)N1CCC(CC)CC1CN. The van der Waals surface area contributed by atoms with Crippen molar-refractivity contribution in [3.63, 3.8) is 0 Å². The number of rotatable bonds is 5. The summed E-state index contributed by atoms with van der Waals surface area (Å²) in [6, 6.07) is 2.11. The number of hydrogen-bond donors (Lipinski definition) is 1. The van der Waals surface area contributed by atoms with E-state index in [2.05, 4.69) is 29.8 Å². The van der Waals surface area contributed by atoms with E-state index in [9.17, 15) is 4.79 Å². The third-order valence-corrected chi connectivity index (χ3v) is 4.92. The molecular weight excluding hydrogens is 330 g/mol. The van der Waals surface area contributed by atoms with Crippen LogP contribution in [0.4, 0.5) is 0 Å². The van der Waals surface area contributed by atoms with Crippen LogP contribution in [0.25, 0.3) is 0 Å². The van der Waals surface area contributed by atoms with Gasteiger partial charge in [0.05, 0.1) is 0 Å². The van der Waals surface area contributed by atoms with Gasteiger partial charge in [-0.2, -0.15) is 0 Å². The van der Waals surface area contributed by atoms with E-state index in [1.807, 2.05) is 21.7 Å². The fraction of sp³-hybridized carbons (Fsp3) is 0.688. The second-order valence-corrected chi connectivity index (χ2v) is 6.84. The summed E-state index contributed by atoms with van der Waals surface area (Å²) in [7, 11) is 0. The van der Waals surface area contributed by atoms with Gasteiger partial charge in [-0.3, -0.25) is 4.79 Å². The van der Waals surface area contributed by atoms with E-state index < -0.39 is 0 Å². The Morgan fingerprint density at radius 1 is 1.48 bits per heavy atom. The summed E-state index contributed by atoms with van der Waals surface area (Å²) in [4.78, 5) is 14.9. The number of carbonyl (C=O) groups excluding carboxylic acids is 1. The predicted octanol–water partition coefficient (Wildman–Crippen LogP) is 3.25. The molecule has 2 heterocycles. The third-order valence-electron chi connectivity index (χ3n) is 4.48. The van der Waals surface area contributed by atoms with Crippen LogP contribution in [0.2, 0.25) is 0 Å². The molecule has 1 aliphatic heterocycles. The van der Waals surface area contributed by atoms with Crippen molar-refractivity contribution in [3.05, 3.63) is 22.4 Å². The van der Waals surface area contributed by atoms with Gasteiger partial charge in [0.2, 0.25) is 0 Å². The van der Waals surface area contributed by atoms with Gasteiger partial charge in [-0.1, -0.05) is 20.3 Å². The minimum atomic E-state index is 0.124. The predicted molar refractivity (Wildman–Crippen MR) is 89.3 cm³/mol. The zero-order valence-corrected chi connectivity index (χ0v) is 14.6. The Hall–Kier alpha value is -0.810. The Labute approximate surface area is 135 Å². The van der Waals surface area contributed by atoms with Crippen molar-refractivity contribution in [2.24, 2.45) is 11.7 Å². The molecule has 0 radical (unpaired) electrons. The number of likely N-dealkylation sites (tertiary alicyclic amines) is 1. The van der Waals surface area contributed by atoms with Crippen LogP contribution in [-0.4, -0.2) is 34.5 Å². The normalized spacial score (nSPS) is 22.6. The van der Waals surface area contributed by atoms with Crippen LogP contribution >= 0.6 is 15.9 Å². The number of hydrogen-bond acceptors (Lipinski definition) is 2. The highest BCUT2D eigenvalue weighted by Crippen LogP contribution is 2.27. The molecule has 21 heavy (non-hydrogen) atoms. The summed E-state index contributed by atoms with van der Waals surface area (Å²) >= 11 is 3.48. The van der Waals surface area contributed by atoms with Gasteiger partial charge in [0.25, 0.3) is 5.91 Å². The summed E-state index contributed by atoms with van der Waals surface area (Å²) in [6.45, 7) is 6.59. The van der Waals surface area contributed by atoms with Crippen LogP contribution in [0.1, 0.15) is 50.0 Å². The third kappa shape index (κ3) is 3.69. The zero-order chi connectivity index (χ0) is 15.4. The van der Waals surface area contributed by atoms with E-state index in [1.54, 1.807) is 0 Å². The molecule has 0 spiro atoms. The van der Waals surface area contributed by atoms with Gasteiger partial charge in [-0.15, -0.1) is 0 Å². The zero-order valence-electron chi connectivity index (χ0n) is 13.0. The van der Waals surface area contributed by atoms with Gasteiger partial charge in [0.1, 0.15) is 5.69 Å². The lowest BCUT2D eigenvalue weighted by atomic mass is 9.88. The fourth-order valence-electron chi connectivity index (χ4n) is 3.22. The van der Waals surface area contributed by atoms with Crippen LogP contribution < -0.4 is 5.73 Å². The molecule has 2 rings (SSSR count). The molecule has 1 aromatic rings. The number of halogens is 1. The fourth-order valence-corrected chi connectivity index (χ4v) is 3.69. The number of aromatic nitrogens is 1. The average Bonchev–Trinajstić information content (AvgIpc) is 2.87. The Morgan fingerprint density at radius 3 is 2.86 bits per heavy atom. The van der Waals surface area contributed by atoms with Crippen LogP contribution in [-0.2, 0) is 6.54 Å². The summed E-state index contributed by atoms with van der Waals surface area (Å²) in [5, 5.41) is 0. The molecule has 1 saturated heterocycles. The Kier molecular flexibility index (Phi) is 5.88. The Balaban J connectivity index is 2.18. The summed E-state index contributed by atoms with van der Waals surface area (Å²) < 4.78 is 3.01. The van der Waals surface area contributed by atoms with Crippen LogP contribution in [0.3, 0.4) is 0 Å². The van der Waals surface area contributed by atoms with Gasteiger partial charge in [0.15, 0.2) is 0 Å². The van der Waals surface area contributed by atoms with Crippen LogP contribution in [0, 0.1) is 5.92 Å². The van der Waals surface area contributed by atoms with Gasteiger partial charge in [0, 0.05) is 36.3 Å². The highest BCUT2D eigenvalue weighted by Gasteiger charge is 2.31. The molecule has 0 saturated carbocycles. The number of carbonyl (C=O) groups is 1. The number of amides is 1. The number of nitrogens with two attached hydrogens (primary N) is 1. The molecule has 5 heteroatoms.